The minimum absolute atomic E-state index is 0.561. The van der Waals surface area contributed by atoms with Gasteiger partial charge in [-0.2, -0.15) is 5.10 Å². The monoisotopic (exact) mass is 149 g/mol. The maximum absolute atomic E-state index is 6.63. The first-order valence-corrected chi connectivity index (χ1v) is 3.72. The highest BCUT2D eigenvalue weighted by molar-refractivity contribution is 5.01. The van der Waals surface area contributed by atoms with Gasteiger partial charge in [0, 0.05) is 18.4 Å². The number of rotatable bonds is 3. The Kier molecular flexibility index (Phi) is 2.67. The van der Waals surface area contributed by atoms with Crippen molar-refractivity contribution < 1.29 is 0 Å². The van der Waals surface area contributed by atoms with Crippen molar-refractivity contribution in [1.82, 2.24) is 9.78 Å². The molecule has 58 valence electrons. The number of aromatic nitrogens is 2. The summed E-state index contributed by atoms with van der Waals surface area (Å²) in [5.41, 5.74) is 1.16. The van der Waals surface area contributed by atoms with Crippen LogP contribution in [0.25, 0.3) is 4.85 Å². The first kappa shape index (κ1) is 7.80. The van der Waals surface area contributed by atoms with Gasteiger partial charge in [-0.1, -0.05) is 0 Å². The van der Waals surface area contributed by atoms with E-state index in [0.717, 1.165) is 18.7 Å². The highest BCUT2D eigenvalue weighted by Crippen LogP contribution is 1.99. The average Bonchev–Trinajstić information content (AvgIpc) is 2.47. The molecule has 0 radical (unpaired) electrons. The van der Waals surface area contributed by atoms with Crippen LogP contribution in [0.4, 0.5) is 0 Å². The van der Waals surface area contributed by atoms with E-state index in [1.165, 1.54) is 0 Å². The lowest BCUT2D eigenvalue weighted by Crippen LogP contribution is -2.03. The van der Waals surface area contributed by atoms with E-state index in [1.54, 1.807) is 6.20 Å². The predicted molar refractivity (Wildman–Crippen MR) is 43.1 cm³/mol. The minimum Gasteiger partial charge on any atom is -0.317 e. The molecule has 0 aromatic carbocycles. The summed E-state index contributed by atoms with van der Waals surface area (Å²) in [5, 5.41) is 4.10. The van der Waals surface area contributed by atoms with E-state index >= 15 is 0 Å². The molecule has 0 aliphatic carbocycles. The summed E-state index contributed by atoms with van der Waals surface area (Å²) in [4.78, 5) is 3.29. The Bertz CT molecular complexity index is 257. The summed E-state index contributed by atoms with van der Waals surface area (Å²) in [5.74, 6) is 0. The van der Waals surface area contributed by atoms with Crippen LogP contribution in [0, 0.1) is 6.57 Å². The molecule has 0 atom stereocenters. The molecular formula is C8H11N3. The van der Waals surface area contributed by atoms with Gasteiger partial charge in [-0.3, -0.25) is 4.68 Å². The van der Waals surface area contributed by atoms with Crippen LogP contribution < -0.4 is 0 Å². The smallest absolute Gasteiger partial charge is 0.220 e. The Morgan fingerprint density at radius 1 is 1.73 bits per heavy atom. The van der Waals surface area contributed by atoms with Gasteiger partial charge in [0.2, 0.25) is 6.54 Å². The van der Waals surface area contributed by atoms with E-state index in [1.807, 2.05) is 17.7 Å². The van der Waals surface area contributed by atoms with Gasteiger partial charge in [0.25, 0.3) is 0 Å². The van der Waals surface area contributed by atoms with E-state index in [9.17, 15) is 0 Å². The van der Waals surface area contributed by atoms with Gasteiger partial charge in [-0.05, 0) is 13.0 Å². The van der Waals surface area contributed by atoms with Crippen LogP contribution in [0.5, 0.6) is 0 Å². The van der Waals surface area contributed by atoms with E-state index in [-0.39, 0.29) is 0 Å². The zero-order chi connectivity index (χ0) is 8.10. The molecule has 1 aromatic rings. The molecule has 3 heteroatoms. The first-order valence-electron chi connectivity index (χ1n) is 3.72. The van der Waals surface area contributed by atoms with Crippen LogP contribution in [0.3, 0.4) is 0 Å². The molecular weight excluding hydrogens is 138 g/mol. The van der Waals surface area contributed by atoms with Gasteiger partial charge in [0.15, 0.2) is 0 Å². The zero-order valence-corrected chi connectivity index (χ0v) is 6.62. The second-order valence-corrected chi connectivity index (χ2v) is 2.27. The number of hydrogen-bond donors (Lipinski definition) is 0. The summed E-state index contributed by atoms with van der Waals surface area (Å²) >= 11 is 0. The Morgan fingerprint density at radius 3 is 3.18 bits per heavy atom. The Morgan fingerprint density at radius 2 is 2.55 bits per heavy atom. The fraction of sp³-hybridized carbons (Fsp3) is 0.500. The van der Waals surface area contributed by atoms with E-state index in [0.29, 0.717) is 6.54 Å². The fourth-order valence-corrected chi connectivity index (χ4v) is 1.03. The van der Waals surface area contributed by atoms with E-state index < -0.39 is 0 Å². The highest BCUT2D eigenvalue weighted by Gasteiger charge is 2.00. The van der Waals surface area contributed by atoms with Gasteiger partial charge in [-0.25, -0.2) is 6.57 Å². The van der Waals surface area contributed by atoms with Crippen LogP contribution in [-0.2, 0) is 13.0 Å². The molecule has 1 aromatic heterocycles. The molecule has 11 heavy (non-hydrogen) atoms. The molecule has 0 saturated heterocycles. The summed E-state index contributed by atoms with van der Waals surface area (Å²) in [7, 11) is 0. The van der Waals surface area contributed by atoms with Crippen LogP contribution in [-0.4, -0.2) is 16.3 Å². The van der Waals surface area contributed by atoms with Gasteiger partial charge in [-0.15, -0.1) is 0 Å². The molecule has 0 amide bonds. The van der Waals surface area contributed by atoms with E-state index in [4.69, 9.17) is 6.57 Å². The lowest BCUT2D eigenvalue weighted by Gasteiger charge is -1.99. The number of aryl methyl sites for hydroxylation is 1. The van der Waals surface area contributed by atoms with Crippen molar-refractivity contribution >= 4 is 0 Å². The van der Waals surface area contributed by atoms with Crippen molar-refractivity contribution in [3.63, 3.8) is 0 Å². The summed E-state index contributed by atoms with van der Waals surface area (Å²) < 4.78 is 1.92. The van der Waals surface area contributed by atoms with E-state index in [2.05, 4.69) is 9.94 Å². The van der Waals surface area contributed by atoms with Crippen LogP contribution in [0.2, 0.25) is 0 Å². The second kappa shape index (κ2) is 3.77. The summed E-state index contributed by atoms with van der Waals surface area (Å²) in [6.45, 7) is 10.1. The minimum atomic E-state index is 0.561. The van der Waals surface area contributed by atoms with Gasteiger partial charge in [0.1, 0.15) is 0 Å². The van der Waals surface area contributed by atoms with Crippen LogP contribution in [0.15, 0.2) is 12.3 Å². The number of nitrogens with zero attached hydrogens (tertiary/aromatic N) is 3. The molecule has 3 nitrogen and oxygen atoms in total. The van der Waals surface area contributed by atoms with Gasteiger partial charge < -0.3 is 4.85 Å². The molecule has 0 spiro atoms. The van der Waals surface area contributed by atoms with Crippen molar-refractivity contribution in [2.45, 2.75) is 19.9 Å². The maximum atomic E-state index is 6.63. The Balaban J connectivity index is 2.62. The summed E-state index contributed by atoms with van der Waals surface area (Å²) in [6.07, 6.45) is 2.60. The molecule has 0 saturated carbocycles. The highest BCUT2D eigenvalue weighted by atomic mass is 15.3. The lowest BCUT2D eigenvalue weighted by molar-refractivity contribution is 0.624. The third-order valence-electron chi connectivity index (χ3n) is 1.58. The maximum Gasteiger partial charge on any atom is 0.220 e. The quantitative estimate of drug-likeness (QED) is 0.595. The van der Waals surface area contributed by atoms with Gasteiger partial charge >= 0.3 is 0 Å². The molecule has 0 N–H and O–H groups in total. The molecule has 0 fully saturated rings. The Hall–Kier alpha value is -1.30. The Labute approximate surface area is 66.5 Å². The molecule has 0 unspecified atom stereocenters. The standard InChI is InChI=1S/C8H11N3/c1-3-11-8(4-6-9-2)5-7-10-11/h5,7H,3-4,6H2,1H3. The normalized spacial score (nSPS) is 9.45. The molecule has 1 rings (SSSR count). The lowest BCUT2D eigenvalue weighted by atomic mass is 10.3. The molecule has 1 heterocycles. The zero-order valence-electron chi connectivity index (χ0n) is 6.62. The second-order valence-electron chi connectivity index (χ2n) is 2.27. The van der Waals surface area contributed by atoms with Crippen molar-refractivity contribution in [3.05, 3.63) is 29.4 Å². The van der Waals surface area contributed by atoms with Crippen molar-refractivity contribution in [1.29, 1.82) is 0 Å². The van der Waals surface area contributed by atoms with Crippen molar-refractivity contribution in [2.24, 2.45) is 0 Å². The van der Waals surface area contributed by atoms with Crippen LogP contribution in [0.1, 0.15) is 12.6 Å². The molecule has 0 aliphatic rings. The molecule has 0 aliphatic heterocycles. The van der Waals surface area contributed by atoms with Crippen LogP contribution >= 0.6 is 0 Å². The first-order chi connectivity index (χ1) is 5.38. The van der Waals surface area contributed by atoms with Crippen molar-refractivity contribution in [3.8, 4) is 0 Å². The van der Waals surface area contributed by atoms with Crippen molar-refractivity contribution in [2.75, 3.05) is 6.54 Å². The van der Waals surface area contributed by atoms with Gasteiger partial charge in [0.05, 0.1) is 6.42 Å². The predicted octanol–water partition coefficient (Wildman–Crippen LogP) is 1.36. The largest absolute Gasteiger partial charge is 0.317 e. The third-order valence-corrected chi connectivity index (χ3v) is 1.58. The number of hydrogen-bond acceptors (Lipinski definition) is 1. The average molecular weight is 149 g/mol. The molecule has 0 bridgehead atoms. The third kappa shape index (κ3) is 1.81. The SMILES string of the molecule is [C-]#[N+]CCc1ccnn1CC. The fourth-order valence-electron chi connectivity index (χ4n) is 1.03. The topological polar surface area (TPSA) is 22.2 Å². The summed E-state index contributed by atoms with van der Waals surface area (Å²) in [6, 6.07) is 1.97.